The lowest BCUT2D eigenvalue weighted by molar-refractivity contribution is 0.0700. The highest BCUT2D eigenvalue weighted by Gasteiger charge is 2.21. The zero-order chi connectivity index (χ0) is 17.8. The molecule has 2 heterocycles. The number of carbonyl (C=O) groups excluding carboxylic acids is 1. The lowest BCUT2D eigenvalue weighted by Gasteiger charge is -2.21. The molecule has 1 N–H and O–H groups in total. The molecule has 6 heteroatoms. The van der Waals surface area contributed by atoms with Gasteiger partial charge in [0.05, 0.1) is 19.3 Å². The second-order valence-corrected chi connectivity index (χ2v) is 7.23. The molecule has 0 spiro atoms. The molecule has 0 unspecified atom stereocenters. The van der Waals surface area contributed by atoms with Crippen LogP contribution in [-0.2, 0) is 13.6 Å². The van der Waals surface area contributed by atoms with Crippen LogP contribution in [0, 0.1) is 6.92 Å². The van der Waals surface area contributed by atoms with Crippen LogP contribution in [0.1, 0.15) is 20.2 Å². The first-order valence-electron chi connectivity index (χ1n) is 8.12. The van der Waals surface area contributed by atoms with Gasteiger partial charge in [0.25, 0.3) is 5.91 Å². The number of benzene rings is 1. The third-order valence-electron chi connectivity index (χ3n) is 4.04. The van der Waals surface area contributed by atoms with Gasteiger partial charge in [0, 0.05) is 28.9 Å². The van der Waals surface area contributed by atoms with Crippen LogP contribution >= 0.6 is 11.3 Å². The molecule has 0 bridgehead atoms. The normalized spacial score (nSPS) is 10.8. The Morgan fingerprint density at radius 2 is 2.00 bits per heavy atom. The van der Waals surface area contributed by atoms with Crippen molar-refractivity contribution in [2.45, 2.75) is 13.5 Å². The number of aliphatic hydroxyl groups excluding tert-OH is 1. The fourth-order valence-electron chi connectivity index (χ4n) is 2.76. The van der Waals surface area contributed by atoms with Crippen LogP contribution in [0.4, 0.5) is 0 Å². The molecular formula is C19H21N3O2S. The smallest absolute Gasteiger partial charge is 0.272 e. The van der Waals surface area contributed by atoms with E-state index < -0.39 is 0 Å². The molecule has 1 amide bonds. The predicted octanol–water partition coefficient (Wildman–Crippen LogP) is 3.09. The summed E-state index contributed by atoms with van der Waals surface area (Å²) in [6.45, 7) is 2.75. The summed E-state index contributed by atoms with van der Waals surface area (Å²) in [5, 5.41) is 9.36. The van der Waals surface area contributed by atoms with Crippen molar-refractivity contribution in [1.82, 2.24) is 14.5 Å². The number of carbonyl (C=O) groups is 1. The Hall–Kier alpha value is -2.44. The fraction of sp³-hybridized carbons (Fsp3) is 0.263. The van der Waals surface area contributed by atoms with Gasteiger partial charge >= 0.3 is 0 Å². The molecule has 0 aliphatic rings. The van der Waals surface area contributed by atoms with Gasteiger partial charge in [-0.1, -0.05) is 30.3 Å². The van der Waals surface area contributed by atoms with Gasteiger partial charge in [0.15, 0.2) is 0 Å². The lowest BCUT2D eigenvalue weighted by atomic mass is 10.2. The van der Waals surface area contributed by atoms with Crippen molar-refractivity contribution in [2.75, 3.05) is 13.2 Å². The maximum atomic E-state index is 13.0. The maximum absolute atomic E-state index is 13.0. The second kappa shape index (κ2) is 7.63. The number of thiophene rings is 1. The van der Waals surface area contributed by atoms with Crippen LogP contribution in [-0.4, -0.2) is 38.6 Å². The minimum absolute atomic E-state index is 0.0699. The molecule has 0 radical (unpaired) electrons. The highest BCUT2D eigenvalue weighted by atomic mass is 32.1. The molecule has 130 valence electrons. The molecule has 3 aromatic rings. The zero-order valence-corrected chi connectivity index (χ0v) is 15.2. The number of amides is 1. The Bertz CT molecular complexity index is 855. The van der Waals surface area contributed by atoms with E-state index in [1.165, 1.54) is 4.88 Å². The summed E-state index contributed by atoms with van der Waals surface area (Å²) >= 11 is 1.66. The van der Waals surface area contributed by atoms with E-state index in [1.807, 2.05) is 61.0 Å². The number of aromatic nitrogens is 2. The van der Waals surface area contributed by atoms with Crippen molar-refractivity contribution < 1.29 is 9.90 Å². The molecule has 0 aliphatic carbocycles. The molecule has 0 saturated carbocycles. The third kappa shape index (κ3) is 3.81. The summed E-state index contributed by atoms with van der Waals surface area (Å²) in [7, 11) is 1.84. The summed E-state index contributed by atoms with van der Waals surface area (Å²) in [4.78, 5) is 21.4. The van der Waals surface area contributed by atoms with Gasteiger partial charge in [-0.2, -0.15) is 0 Å². The van der Waals surface area contributed by atoms with E-state index in [-0.39, 0.29) is 12.5 Å². The Morgan fingerprint density at radius 3 is 2.64 bits per heavy atom. The van der Waals surface area contributed by atoms with Crippen molar-refractivity contribution in [1.29, 1.82) is 0 Å². The van der Waals surface area contributed by atoms with Gasteiger partial charge in [-0.05, 0) is 19.1 Å². The standard InChI is InChI=1S/C19H21N3O2S/c1-14-8-9-16(25-14)13-22(10-11-23)19(24)17-12-20-18(21(17)2)15-6-4-3-5-7-15/h3-9,12,23H,10-11,13H2,1-2H3. The number of aliphatic hydroxyl groups is 1. The van der Waals surface area contributed by atoms with Gasteiger partial charge in [-0.3, -0.25) is 4.79 Å². The van der Waals surface area contributed by atoms with E-state index in [0.29, 0.717) is 18.8 Å². The Labute approximate surface area is 151 Å². The lowest BCUT2D eigenvalue weighted by Crippen LogP contribution is -2.34. The first kappa shape index (κ1) is 17.4. The predicted molar refractivity (Wildman–Crippen MR) is 99.5 cm³/mol. The van der Waals surface area contributed by atoms with Gasteiger partial charge < -0.3 is 14.6 Å². The molecular weight excluding hydrogens is 334 g/mol. The van der Waals surface area contributed by atoms with Crippen LogP contribution < -0.4 is 0 Å². The van der Waals surface area contributed by atoms with Crippen LogP contribution in [0.15, 0.2) is 48.7 Å². The van der Waals surface area contributed by atoms with Crippen molar-refractivity contribution in [3.63, 3.8) is 0 Å². The van der Waals surface area contributed by atoms with Crippen molar-refractivity contribution in [2.24, 2.45) is 7.05 Å². The van der Waals surface area contributed by atoms with Crippen LogP contribution in [0.25, 0.3) is 11.4 Å². The number of nitrogens with zero attached hydrogens (tertiary/aromatic N) is 3. The molecule has 1 aromatic carbocycles. The van der Waals surface area contributed by atoms with E-state index in [9.17, 15) is 9.90 Å². The number of aryl methyl sites for hydroxylation is 1. The Morgan fingerprint density at radius 1 is 1.24 bits per heavy atom. The molecule has 0 atom stereocenters. The second-order valence-electron chi connectivity index (χ2n) is 5.85. The first-order chi connectivity index (χ1) is 12.1. The molecule has 2 aromatic heterocycles. The topological polar surface area (TPSA) is 58.4 Å². The summed E-state index contributed by atoms with van der Waals surface area (Å²) in [5.74, 6) is 0.622. The number of hydrogen-bond acceptors (Lipinski definition) is 4. The minimum atomic E-state index is -0.128. The SMILES string of the molecule is Cc1ccc(CN(CCO)C(=O)c2cnc(-c3ccccc3)n2C)s1. The highest BCUT2D eigenvalue weighted by molar-refractivity contribution is 7.11. The molecule has 3 rings (SSSR count). The monoisotopic (exact) mass is 355 g/mol. The molecule has 5 nitrogen and oxygen atoms in total. The van der Waals surface area contributed by atoms with Gasteiger partial charge in [-0.15, -0.1) is 11.3 Å². The van der Waals surface area contributed by atoms with E-state index in [1.54, 1.807) is 22.4 Å². The van der Waals surface area contributed by atoms with Gasteiger partial charge in [0.2, 0.25) is 0 Å². The number of imidazole rings is 1. The van der Waals surface area contributed by atoms with E-state index in [4.69, 9.17) is 0 Å². The van der Waals surface area contributed by atoms with Crippen LogP contribution in [0.3, 0.4) is 0 Å². The summed E-state index contributed by atoms with van der Waals surface area (Å²) in [5.41, 5.74) is 1.48. The summed E-state index contributed by atoms with van der Waals surface area (Å²) in [6.07, 6.45) is 1.61. The Balaban J connectivity index is 1.86. The van der Waals surface area contributed by atoms with Gasteiger partial charge in [-0.25, -0.2) is 4.98 Å². The number of hydrogen-bond donors (Lipinski definition) is 1. The summed E-state index contributed by atoms with van der Waals surface area (Å²) < 4.78 is 1.81. The minimum Gasteiger partial charge on any atom is -0.395 e. The van der Waals surface area contributed by atoms with Crippen LogP contribution in [0.2, 0.25) is 0 Å². The molecule has 0 saturated heterocycles. The van der Waals surface area contributed by atoms with Crippen molar-refractivity contribution in [3.8, 4) is 11.4 Å². The average molecular weight is 355 g/mol. The summed E-state index contributed by atoms with van der Waals surface area (Å²) in [6, 6.07) is 13.8. The number of rotatable bonds is 6. The fourth-order valence-corrected chi connectivity index (χ4v) is 3.66. The van der Waals surface area contributed by atoms with Crippen molar-refractivity contribution >= 4 is 17.2 Å². The van der Waals surface area contributed by atoms with Crippen molar-refractivity contribution in [3.05, 3.63) is 64.1 Å². The largest absolute Gasteiger partial charge is 0.395 e. The van der Waals surface area contributed by atoms with Gasteiger partial charge in [0.1, 0.15) is 11.5 Å². The Kier molecular flexibility index (Phi) is 5.31. The van der Waals surface area contributed by atoms with E-state index in [0.717, 1.165) is 16.3 Å². The molecule has 25 heavy (non-hydrogen) atoms. The quantitative estimate of drug-likeness (QED) is 0.739. The van der Waals surface area contributed by atoms with E-state index >= 15 is 0 Å². The maximum Gasteiger partial charge on any atom is 0.272 e. The highest BCUT2D eigenvalue weighted by Crippen LogP contribution is 2.21. The van der Waals surface area contributed by atoms with E-state index in [2.05, 4.69) is 4.98 Å². The first-order valence-corrected chi connectivity index (χ1v) is 8.94. The molecule has 0 aliphatic heterocycles. The molecule has 0 fully saturated rings. The van der Waals surface area contributed by atoms with Crippen LogP contribution in [0.5, 0.6) is 0 Å². The third-order valence-corrected chi connectivity index (χ3v) is 5.02. The zero-order valence-electron chi connectivity index (χ0n) is 14.3. The average Bonchev–Trinajstić information content (AvgIpc) is 3.20.